The Hall–Kier alpha value is -2.56. The molecule has 0 aliphatic carbocycles. The first-order chi connectivity index (χ1) is 18.9. The number of amides is 3. The molecule has 5 rings (SSSR count). The van der Waals surface area contributed by atoms with Gasteiger partial charge in [-0.3, -0.25) is 14.4 Å². The number of alkyl halides is 1. The second-order valence-electron chi connectivity index (χ2n) is 10.4. The molecule has 3 fully saturated rings. The predicted octanol–water partition coefficient (Wildman–Crippen LogP) is 3.58. The fourth-order valence-corrected chi connectivity index (χ4v) is 9.94. The van der Waals surface area contributed by atoms with Crippen LogP contribution in [0.4, 0.5) is 5.69 Å². The Morgan fingerprint density at radius 1 is 1.10 bits per heavy atom. The zero-order valence-electron chi connectivity index (χ0n) is 21.8. The van der Waals surface area contributed by atoms with E-state index >= 15 is 0 Å². The summed E-state index contributed by atoms with van der Waals surface area (Å²) >= 11 is 5.43. The number of nitrogens with zero attached hydrogens (tertiary/aromatic N) is 1. The number of aliphatic hydroxyl groups excluding tert-OH is 1. The number of rotatable bonds is 11. The summed E-state index contributed by atoms with van der Waals surface area (Å²) in [6.07, 6.45) is 2.71. The molecule has 2 bridgehead atoms. The van der Waals surface area contributed by atoms with Crippen LogP contribution < -0.4 is 15.4 Å². The molecule has 0 aromatic heterocycles. The number of benzene rings is 2. The van der Waals surface area contributed by atoms with Crippen LogP contribution in [0.25, 0.3) is 0 Å². The standard InChI is InChI=1S/C29H34BrN3O5S/c1-38-20-12-10-19(11-13-20)32-27(36)25-29-16-21(30)24(39-29)22(26(35)31-17-18-8-4-2-5-9-18)23(29)28(37)33(25)14-6-3-7-15-34/h2,4-5,8-13,21-25,34H,3,6-7,14-17H2,1H3,(H,31,35)(H,32,36)/t21?,22-,23+,24-,25?,29?/m1/s1. The SMILES string of the molecule is COc1ccc(NC(=O)C2N(CCCCCO)C(=O)[C@@H]3[C@@H](C(=O)NCc4ccccc4)[C@@H]4SC23CC4Br)cc1. The summed E-state index contributed by atoms with van der Waals surface area (Å²) in [5.41, 5.74) is 1.62. The number of hydrogen-bond acceptors (Lipinski definition) is 6. The number of fused-ring (bicyclic) bond motifs is 1. The number of halogens is 1. The first-order valence-corrected chi connectivity index (χ1v) is 15.2. The lowest BCUT2D eigenvalue weighted by atomic mass is 9.70. The normalized spacial score (nSPS) is 28.8. The van der Waals surface area contributed by atoms with Crippen molar-refractivity contribution in [3.8, 4) is 5.75 Å². The van der Waals surface area contributed by atoms with E-state index in [4.69, 9.17) is 4.74 Å². The molecule has 0 radical (unpaired) electrons. The van der Waals surface area contributed by atoms with Gasteiger partial charge in [0, 0.05) is 35.5 Å². The number of ether oxygens (including phenoxy) is 1. The van der Waals surface area contributed by atoms with Crippen molar-refractivity contribution >= 4 is 51.1 Å². The molecule has 2 aromatic carbocycles. The largest absolute Gasteiger partial charge is 0.497 e. The molecule has 1 spiro atoms. The highest BCUT2D eigenvalue weighted by atomic mass is 79.9. The minimum Gasteiger partial charge on any atom is -0.497 e. The molecule has 3 N–H and O–H groups in total. The number of carbonyl (C=O) groups excluding carboxylic acids is 3. The summed E-state index contributed by atoms with van der Waals surface area (Å²) in [4.78, 5) is 43.3. The van der Waals surface area contributed by atoms with E-state index in [2.05, 4.69) is 26.6 Å². The van der Waals surface area contributed by atoms with E-state index in [9.17, 15) is 19.5 Å². The highest BCUT2D eigenvalue weighted by Crippen LogP contribution is 2.67. The molecular formula is C29H34BrN3O5S. The lowest BCUT2D eigenvalue weighted by Crippen LogP contribution is -2.53. The zero-order valence-corrected chi connectivity index (χ0v) is 24.2. The van der Waals surface area contributed by atoms with E-state index in [1.165, 1.54) is 0 Å². The minimum atomic E-state index is -0.701. The fraction of sp³-hybridized carbons (Fsp3) is 0.483. The second kappa shape index (κ2) is 11.9. The molecular weight excluding hydrogens is 582 g/mol. The molecule has 8 nitrogen and oxygen atoms in total. The predicted molar refractivity (Wildman–Crippen MR) is 155 cm³/mol. The van der Waals surface area contributed by atoms with Gasteiger partial charge in [0.25, 0.3) is 0 Å². The van der Waals surface area contributed by atoms with Crippen molar-refractivity contribution in [2.75, 3.05) is 25.6 Å². The van der Waals surface area contributed by atoms with Crippen LogP contribution in [0.2, 0.25) is 0 Å². The van der Waals surface area contributed by atoms with Crippen molar-refractivity contribution in [3.05, 3.63) is 60.2 Å². The van der Waals surface area contributed by atoms with Gasteiger partial charge in [-0.2, -0.15) is 0 Å². The lowest BCUT2D eigenvalue weighted by molar-refractivity contribution is -0.139. The maximum atomic E-state index is 14.1. The Morgan fingerprint density at radius 2 is 1.85 bits per heavy atom. The third-order valence-electron chi connectivity index (χ3n) is 8.06. The van der Waals surface area contributed by atoms with Gasteiger partial charge in [0.2, 0.25) is 17.7 Å². The van der Waals surface area contributed by atoms with Gasteiger partial charge in [0.15, 0.2) is 0 Å². The summed E-state index contributed by atoms with van der Waals surface area (Å²) in [5.74, 6) is -0.911. The first kappa shape index (κ1) is 28.0. The molecule has 3 heterocycles. The van der Waals surface area contributed by atoms with Gasteiger partial charge >= 0.3 is 0 Å². The van der Waals surface area contributed by atoms with Gasteiger partial charge in [-0.25, -0.2) is 0 Å². The maximum Gasteiger partial charge on any atom is 0.248 e. The Morgan fingerprint density at radius 3 is 2.54 bits per heavy atom. The summed E-state index contributed by atoms with van der Waals surface area (Å²) in [6, 6.07) is 16.1. The Bertz CT molecular complexity index is 1200. The molecule has 3 aliphatic heterocycles. The molecule has 10 heteroatoms. The molecule has 3 amide bonds. The van der Waals surface area contributed by atoms with Gasteiger partial charge in [-0.05, 0) is 55.5 Å². The zero-order chi connectivity index (χ0) is 27.6. The molecule has 2 aromatic rings. The van der Waals surface area contributed by atoms with Crippen LogP contribution in [0.3, 0.4) is 0 Å². The lowest BCUT2D eigenvalue weighted by Gasteiger charge is -2.35. The van der Waals surface area contributed by atoms with Crippen LogP contribution in [0.5, 0.6) is 5.75 Å². The van der Waals surface area contributed by atoms with Crippen molar-refractivity contribution < 1.29 is 24.2 Å². The highest BCUT2D eigenvalue weighted by Gasteiger charge is 2.75. The molecule has 0 saturated carbocycles. The van der Waals surface area contributed by atoms with Crippen LogP contribution in [0, 0.1) is 11.8 Å². The number of thioether (sulfide) groups is 1. The number of carbonyl (C=O) groups is 3. The molecule has 208 valence electrons. The van der Waals surface area contributed by atoms with Gasteiger partial charge < -0.3 is 25.4 Å². The topological polar surface area (TPSA) is 108 Å². The number of aliphatic hydroxyl groups is 1. The number of hydrogen-bond donors (Lipinski definition) is 3. The first-order valence-electron chi connectivity index (χ1n) is 13.4. The Labute approximate surface area is 241 Å². The third kappa shape index (κ3) is 5.30. The number of nitrogens with one attached hydrogen (secondary N) is 2. The van der Waals surface area contributed by atoms with Crippen LogP contribution in [0.15, 0.2) is 54.6 Å². The number of methoxy groups -OCH3 is 1. The monoisotopic (exact) mass is 615 g/mol. The van der Waals surface area contributed by atoms with E-state index in [1.54, 1.807) is 48.0 Å². The molecule has 6 atom stereocenters. The maximum absolute atomic E-state index is 14.1. The fourth-order valence-electron chi connectivity index (χ4n) is 6.33. The molecule has 39 heavy (non-hydrogen) atoms. The minimum absolute atomic E-state index is 0.0182. The average Bonchev–Trinajstić information content (AvgIpc) is 3.54. The molecule has 3 saturated heterocycles. The van der Waals surface area contributed by atoms with Gasteiger partial charge in [0.05, 0.1) is 23.7 Å². The van der Waals surface area contributed by atoms with Gasteiger partial charge in [-0.1, -0.05) is 46.3 Å². The van der Waals surface area contributed by atoms with E-state index in [0.29, 0.717) is 43.8 Å². The van der Waals surface area contributed by atoms with Crippen LogP contribution in [-0.4, -0.2) is 68.9 Å². The Balaban J connectivity index is 1.41. The summed E-state index contributed by atoms with van der Waals surface area (Å²) in [7, 11) is 1.59. The average molecular weight is 617 g/mol. The summed E-state index contributed by atoms with van der Waals surface area (Å²) < 4.78 is 4.53. The van der Waals surface area contributed by atoms with Crippen LogP contribution >= 0.6 is 27.7 Å². The summed E-state index contributed by atoms with van der Waals surface area (Å²) in [5, 5.41) is 15.2. The smallest absolute Gasteiger partial charge is 0.248 e. The van der Waals surface area contributed by atoms with E-state index < -0.39 is 22.6 Å². The van der Waals surface area contributed by atoms with E-state index in [0.717, 1.165) is 12.0 Å². The van der Waals surface area contributed by atoms with Crippen molar-refractivity contribution in [2.45, 2.75) is 53.1 Å². The molecule has 3 unspecified atom stereocenters. The van der Waals surface area contributed by atoms with E-state index in [-0.39, 0.29) is 34.4 Å². The number of likely N-dealkylation sites (tertiary alicyclic amines) is 1. The van der Waals surface area contributed by atoms with Crippen LogP contribution in [0.1, 0.15) is 31.2 Å². The second-order valence-corrected chi connectivity index (χ2v) is 13.1. The van der Waals surface area contributed by atoms with Crippen molar-refractivity contribution in [1.29, 1.82) is 0 Å². The van der Waals surface area contributed by atoms with Gasteiger partial charge in [-0.15, -0.1) is 11.8 Å². The van der Waals surface area contributed by atoms with E-state index in [1.807, 2.05) is 30.3 Å². The highest BCUT2D eigenvalue weighted by molar-refractivity contribution is 9.09. The quantitative estimate of drug-likeness (QED) is 0.263. The number of unbranched alkanes of at least 4 members (excludes halogenated alkanes) is 2. The molecule has 3 aliphatic rings. The van der Waals surface area contributed by atoms with Crippen molar-refractivity contribution in [2.24, 2.45) is 11.8 Å². The van der Waals surface area contributed by atoms with Gasteiger partial charge in [0.1, 0.15) is 11.8 Å². The van der Waals surface area contributed by atoms with Crippen molar-refractivity contribution in [1.82, 2.24) is 10.2 Å². The third-order valence-corrected chi connectivity index (χ3v) is 11.3. The summed E-state index contributed by atoms with van der Waals surface area (Å²) in [6.45, 7) is 0.892. The Kier molecular flexibility index (Phi) is 8.54. The number of anilines is 1. The van der Waals surface area contributed by atoms with Crippen molar-refractivity contribution in [3.63, 3.8) is 0 Å². The van der Waals surface area contributed by atoms with Crippen LogP contribution in [-0.2, 0) is 20.9 Å².